The number of fused-ring (bicyclic) bond motifs is 1. The van der Waals surface area contributed by atoms with Crippen LogP contribution in [-0.4, -0.2) is 13.6 Å². The van der Waals surface area contributed by atoms with Crippen LogP contribution in [0.4, 0.5) is 13.2 Å². The Hall–Kier alpha value is -1.07. The molecule has 0 saturated heterocycles. The summed E-state index contributed by atoms with van der Waals surface area (Å²) in [7, 11) is 1.87. The van der Waals surface area contributed by atoms with Crippen molar-refractivity contribution in [1.82, 2.24) is 5.32 Å². The molecule has 0 spiro atoms. The van der Waals surface area contributed by atoms with Crippen molar-refractivity contribution in [3.8, 4) is 0 Å². The second-order valence-corrected chi connectivity index (χ2v) is 5.03. The SMILES string of the molecule is CNCCCc1csc2c(C(F)(F)F)cccc12. The van der Waals surface area contributed by atoms with Gasteiger partial charge in [0.05, 0.1) is 5.56 Å². The zero-order valence-electron chi connectivity index (χ0n) is 9.97. The van der Waals surface area contributed by atoms with Gasteiger partial charge >= 0.3 is 6.18 Å². The molecule has 1 N–H and O–H groups in total. The summed E-state index contributed by atoms with van der Waals surface area (Å²) in [5.41, 5.74) is 0.487. The van der Waals surface area contributed by atoms with Gasteiger partial charge in [-0.3, -0.25) is 0 Å². The van der Waals surface area contributed by atoms with Crippen LogP contribution in [-0.2, 0) is 12.6 Å². The van der Waals surface area contributed by atoms with Gasteiger partial charge in [-0.25, -0.2) is 0 Å². The van der Waals surface area contributed by atoms with Crippen LogP contribution in [0.5, 0.6) is 0 Å². The van der Waals surface area contributed by atoms with Gasteiger partial charge < -0.3 is 5.32 Å². The maximum absolute atomic E-state index is 12.8. The minimum atomic E-state index is -4.27. The van der Waals surface area contributed by atoms with Crippen LogP contribution >= 0.6 is 11.3 Å². The van der Waals surface area contributed by atoms with Crippen molar-refractivity contribution in [2.45, 2.75) is 19.0 Å². The van der Waals surface area contributed by atoms with E-state index in [2.05, 4.69) is 5.32 Å². The first-order chi connectivity index (χ1) is 8.54. The van der Waals surface area contributed by atoms with Crippen molar-refractivity contribution in [2.75, 3.05) is 13.6 Å². The van der Waals surface area contributed by atoms with E-state index in [0.29, 0.717) is 4.70 Å². The molecule has 2 rings (SSSR count). The molecule has 0 saturated carbocycles. The van der Waals surface area contributed by atoms with Crippen molar-refractivity contribution in [1.29, 1.82) is 0 Å². The van der Waals surface area contributed by atoms with Crippen LogP contribution in [0.25, 0.3) is 10.1 Å². The summed E-state index contributed by atoms with van der Waals surface area (Å²) >= 11 is 1.19. The molecule has 0 aliphatic carbocycles. The summed E-state index contributed by atoms with van der Waals surface area (Å²) in [6.07, 6.45) is -2.53. The van der Waals surface area contributed by atoms with Gasteiger partial charge in [0.2, 0.25) is 0 Å². The van der Waals surface area contributed by atoms with E-state index in [9.17, 15) is 13.2 Å². The fourth-order valence-electron chi connectivity index (χ4n) is 1.98. The number of benzene rings is 1. The van der Waals surface area contributed by atoms with Crippen LogP contribution in [0.2, 0.25) is 0 Å². The summed E-state index contributed by atoms with van der Waals surface area (Å²) in [6, 6.07) is 4.41. The molecule has 0 aliphatic rings. The van der Waals surface area contributed by atoms with E-state index >= 15 is 0 Å². The quantitative estimate of drug-likeness (QED) is 0.828. The molecule has 1 nitrogen and oxygen atoms in total. The first-order valence-electron chi connectivity index (χ1n) is 5.75. The third-order valence-corrected chi connectivity index (χ3v) is 3.94. The van der Waals surface area contributed by atoms with E-state index in [-0.39, 0.29) is 0 Å². The number of thiophene rings is 1. The summed E-state index contributed by atoms with van der Waals surface area (Å²) in [5.74, 6) is 0. The van der Waals surface area contributed by atoms with Gasteiger partial charge in [-0.2, -0.15) is 13.2 Å². The molecule has 1 aromatic heterocycles. The fraction of sp³-hybridized carbons (Fsp3) is 0.385. The lowest BCUT2D eigenvalue weighted by Crippen LogP contribution is -2.08. The Morgan fingerprint density at radius 3 is 2.72 bits per heavy atom. The molecule has 2 aromatic rings. The summed E-state index contributed by atoms with van der Waals surface area (Å²) in [6.45, 7) is 0.871. The maximum Gasteiger partial charge on any atom is 0.417 e. The summed E-state index contributed by atoms with van der Waals surface area (Å²) in [4.78, 5) is 0. The molecule has 5 heteroatoms. The zero-order valence-corrected chi connectivity index (χ0v) is 10.8. The Morgan fingerprint density at radius 1 is 1.28 bits per heavy atom. The highest BCUT2D eigenvalue weighted by atomic mass is 32.1. The van der Waals surface area contributed by atoms with Crippen molar-refractivity contribution < 1.29 is 13.2 Å². The van der Waals surface area contributed by atoms with Gasteiger partial charge in [-0.05, 0) is 48.8 Å². The van der Waals surface area contributed by atoms with Gasteiger partial charge in [0.1, 0.15) is 0 Å². The Kier molecular flexibility index (Phi) is 3.92. The van der Waals surface area contributed by atoms with E-state index in [4.69, 9.17) is 0 Å². The lowest BCUT2D eigenvalue weighted by atomic mass is 10.1. The number of hydrogen-bond donors (Lipinski definition) is 1. The predicted molar refractivity (Wildman–Crippen MR) is 69.1 cm³/mol. The average Bonchev–Trinajstić information content (AvgIpc) is 2.71. The Labute approximate surface area is 108 Å². The van der Waals surface area contributed by atoms with Crippen LogP contribution in [0.1, 0.15) is 17.5 Å². The highest BCUT2D eigenvalue weighted by Gasteiger charge is 2.33. The van der Waals surface area contributed by atoms with Gasteiger partial charge in [0, 0.05) is 4.70 Å². The van der Waals surface area contributed by atoms with Crippen molar-refractivity contribution >= 4 is 21.4 Å². The number of alkyl halides is 3. The summed E-state index contributed by atoms with van der Waals surface area (Å²) < 4.78 is 38.8. The topological polar surface area (TPSA) is 12.0 Å². The number of nitrogens with one attached hydrogen (secondary N) is 1. The lowest BCUT2D eigenvalue weighted by Gasteiger charge is -2.07. The Balaban J connectivity index is 2.36. The molecular weight excluding hydrogens is 259 g/mol. The number of halogens is 3. The van der Waals surface area contributed by atoms with Crippen molar-refractivity contribution in [3.05, 3.63) is 34.7 Å². The highest BCUT2D eigenvalue weighted by Crippen LogP contribution is 2.38. The normalized spacial score (nSPS) is 12.2. The molecule has 0 radical (unpaired) electrons. The van der Waals surface area contributed by atoms with Crippen LogP contribution in [0, 0.1) is 0 Å². The number of aryl methyl sites for hydroxylation is 1. The van der Waals surface area contributed by atoms with E-state index < -0.39 is 11.7 Å². The molecule has 0 aliphatic heterocycles. The van der Waals surface area contributed by atoms with E-state index in [1.54, 1.807) is 6.07 Å². The molecule has 0 unspecified atom stereocenters. The highest BCUT2D eigenvalue weighted by molar-refractivity contribution is 7.17. The van der Waals surface area contributed by atoms with Gasteiger partial charge in [0.25, 0.3) is 0 Å². The predicted octanol–water partition coefficient (Wildman–Crippen LogP) is 4.07. The molecule has 0 atom stereocenters. The first-order valence-corrected chi connectivity index (χ1v) is 6.63. The van der Waals surface area contributed by atoms with E-state index in [1.807, 2.05) is 12.4 Å². The summed E-state index contributed by atoms with van der Waals surface area (Å²) in [5, 5.41) is 5.62. The second kappa shape index (κ2) is 5.28. The Bertz CT molecular complexity index is 531. The third kappa shape index (κ3) is 2.67. The number of hydrogen-bond acceptors (Lipinski definition) is 2. The molecular formula is C13H14F3NS. The molecule has 1 aromatic carbocycles. The van der Waals surface area contributed by atoms with Crippen LogP contribution in [0.3, 0.4) is 0 Å². The van der Waals surface area contributed by atoms with Crippen molar-refractivity contribution in [3.63, 3.8) is 0 Å². The van der Waals surface area contributed by atoms with Gasteiger partial charge in [-0.1, -0.05) is 12.1 Å². The van der Waals surface area contributed by atoms with E-state index in [0.717, 1.165) is 36.4 Å². The minimum absolute atomic E-state index is 0.351. The molecule has 0 fully saturated rings. The standard InChI is InChI=1S/C13H14F3NS/c1-17-7-3-4-9-8-18-12-10(9)5-2-6-11(12)13(14,15)16/h2,5-6,8,17H,3-4,7H2,1H3. The van der Waals surface area contributed by atoms with E-state index in [1.165, 1.54) is 17.4 Å². The fourth-order valence-corrected chi connectivity index (χ4v) is 3.12. The molecule has 1 heterocycles. The van der Waals surface area contributed by atoms with Crippen LogP contribution < -0.4 is 5.32 Å². The average molecular weight is 273 g/mol. The Morgan fingerprint density at radius 2 is 2.06 bits per heavy atom. The molecule has 98 valence electrons. The van der Waals surface area contributed by atoms with Crippen LogP contribution in [0.15, 0.2) is 23.6 Å². The lowest BCUT2D eigenvalue weighted by molar-refractivity contribution is -0.136. The minimum Gasteiger partial charge on any atom is -0.320 e. The smallest absolute Gasteiger partial charge is 0.320 e. The second-order valence-electron chi connectivity index (χ2n) is 4.15. The molecule has 0 amide bonds. The zero-order chi connectivity index (χ0) is 13.2. The number of rotatable bonds is 4. The van der Waals surface area contributed by atoms with Gasteiger partial charge in [0.15, 0.2) is 0 Å². The van der Waals surface area contributed by atoms with Gasteiger partial charge in [-0.15, -0.1) is 11.3 Å². The monoisotopic (exact) mass is 273 g/mol. The van der Waals surface area contributed by atoms with Crippen molar-refractivity contribution in [2.24, 2.45) is 0 Å². The largest absolute Gasteiger partial charge is 0.417 e. The third-order valence-electron chi connectivity index (χ3n) is 2.86. The first kappa shape index (κ1) is 13.4. The maximum atomic E-state index is 12.8. The molecule has 18 heavy (non-hydrogen) atoms. The molecule has 0 bridgehead atoms.